The molecule has 346 valence electrons. The van der Waals surface area contributed by atoms with E-state index in [9.17, 15) is 0 Å². The molecule has 0 aliphatic rings. The largest absolute Gasteiger partial charge is 0.454 e. The molecule has 0 N–H and O–H groups in total. The number of aryl methyl sites for hydroxylation is 1. The number of benzene rings is 9. The summed E-state index contributed by atoms with van der Waals surface area (Å²) in [5.74, 6) is 0. The lowest BCUT2D eigenvalue weighted by atomic mass is 9.86. The molecule has 3 aromatic heterocycles. The van der Waals surface area contributed by atoms with Gasteiger partial charge in [-0.1, -0.05) is 176 Å². The Balaban J connectivity index is 1.23. The summed E-state index contributed by atoms with van der Waals surface area (Å²) in [5.41, 5.74) is 14.1. The van der Waals surface area contributed by atoms with Crippen molar-refractivity contribution in [3.63, 3.8) is 0 Å². The second kappa shape index (κ2) is 16.4. The van der Waals surface area contributed by atoms with E-state index in [2.05, 4.69) is 242 Å². The van der Waals surface area contributed by atoms with Crippen molar-refractivity contribution in [2.75, 3.05) is 9.80 Å². The van der Waals surface area contributed by atoms with Crippen LogP contribution in [0.4, 0.5) is 34.1 Å². The highest BCUT2D eigenvalue weighted by atomic mass is 32.2. The van der Waals surface area contributed by atoms with Gasteiger partial charge >= 0.3 is 0 Å². The first-order valence-corrected chi connectivity index (χ1v) is 25.3. The molecule has 0 amide bonds. The Morgan fingerprint density at radius 2 is 0.829 bits per heavy atom. The summed E-state index contributed by atoms with van der Waals surface area (Å²) < 4.78 is 21.8. The number of hydrogen-bond donors (Lipinski definition) is 0. The maximum atomic E-state index is 7.36. The van der Waals surface area contributed by atoms with Crippen LogP contribution in [0.2, 0.25) is 0 Å². The summed E-state index contributed by atoms with van der Waals surface area (Å²) in [5, 5.41) is 8.89. The van der Waals surface area contributed by atoms with Gasteiger partial charge in [-0.15, -0.1) is 11.8 Å². The van der Waals surface area contributed by atoms with E-state index in [-0.39, 0.29) is 10.8 Å². The smallest absolute Gasteiger partial charge is 0.162 e. The highest BCUT2D eigenvalue weighted by Gasteiger charge is 2.33. The lowest BCUT2D eigenvalue weighted by molar-refractivity contribution is 0.572. The third-order valence-electron chi connectivity index (χ3n) is 13.8. The first-order valence-electron chi connectivity index (χ1n) is 24.4. The van der Waals surface area contributed by atoms with Gasteiger partial charge < -0.3 is 23.1 Å². The molecule has 12 aromatic rings. The predicted octanol–water partition coefficient (Wildman–Crippen LogP) is 19.9. The van der Waals surface area contributed by atoms with Crippen molar-refractivity contribution in [1.82, 2.24) is 0 Å². The maximum Gasteiger partial charge on any atom is 0.162 e. The van der Waals surface area contributed by atoms with E-state index in [1.165, 1.54) is 21.6 Å². The average molecular weight is 933 g/mol. The van der Waals surface area contributed by atoms with Crippen LogP contribution in [0.15, 0.2) is 188 Å². The average Bonchev–Trinajstić information content (AvgIpc) is 4.05. The summed E-state index contributed by atoms with van der Waals surface area (Å²) >= 11 is 1.87. The Morgan fingerprint density at radius 3 is 1.34 bits per heavy atom. The molecule has 0 spiro atoms. The molecule has 0 unspecified atom stereocenters. The molecule has 6 heteroatoms. The minimum Gasteiger partial charge on any atom is -0.454 e. The molecule has 0 aliphatic carbocycles. The SMILES string of the molecule is Cc1ccc(N(c2cccc3c2oc2c(C(C)(C)C)cccc23)c2c3ccccc3c(N(c3ccc(SC(C)C)cc3)c3cccc4c3oc3c(C(C)(C)C)cccc34)c3c2oc2ccccc23)cc1. The first kappa shape index (κ1) is 43.8. The summed E-state index contributed by atoms with van der Waals surface area (Å²) in [4.78, 5) is 6.01. The predicted molar refractivity (Wildman–Crippen MR) is 298 cm³/mol. The molecule has 9 aromatic carbocycles. The second-order valence-electron chi connectivity index (χ2n) is 21.1. The second-order valence-corrected chi connectivity index (χ2v) is 22.7. The van der Waals surface area contributed by atoms with Crippen LogP contribution < -0.4 is 9.80 Å². The van der Waals surface area contributed by atoms with Gasteiger partial charge in [-0.3, -0.25) is 0 Å². The minimum atomic E-state index is -0.129. The maximum absolute atomic E-state index is 7.36. The van der Waals surface area contributed by atoms with Crippen molar-refractivity contribution in [2.45, 2.75) is 83.3 Å². The molecule has 5 nitrogen and oxygen atoms in total. The molecule has 0 fully saturated rings. The minimum absolute atomic E-state index is 0.127. The standard InChI is InChI=1S/C64H56N2O3S/c1-38(2)70-42-36-34-41(35-37-42)65(52-27-16-23-47-45-21-14-25-50(63(4,5)6)58(45)68-60(47)52)56-43-18-10-11-19-44(43)57(62-55(56)49-20-12-13-29-54(49)67-62)66(40-32-30-39(3)31-33-40)53-28-17-24-48-46-22-15-26-51(64(7,8)9)59(46)69-61(48)53/h10-38H,1-9H3. The van der Waals surface area contributed by atoms with Crippen molar-refractivity contribution in [3.8, 4) is 0 Å². The number of para-hydroxylation sites is 5. The van der Waals surface area contributed by atoms with Gasteiger partial charge in [-0.2, -0.15) is 0 Å². The third-order valence-corrected chi connectivity index (χ3v) is 14.8. The van der Waals surface area contributed by atoms with E-state index < -0.39 is 0 Å². The summed E-state index contributed by atoms with van der Waals surface area (Å²) in [6, 6.07) is 61.3. The van der Waals surface area contributed by atoms with Crippen LogP contribution in [0.5, 0.6) is 0 Å². The number of anilines is 6. The Morgan fingerprint density at radius 1 is 0.400 bits per heavy atom. The van der Waals surface area contributed by atoms with E-state index in [0.717, 1.165) is 111 Å². The fourth-order valence-corrected chi connectivity index (χ4v) is 11.5. The Bertz CT molecular complexity index is 3990. The van der Waals surface area contributed by atoms with Crippen LogP contribution >= 0.6 is 11.8 Å². The molecule has 0 bridgehead atoms. The molecule has 0 radical (unpaired) electrons. The highest BCUT2D eigenvalue weighted by Crippen LogP contribution is 2.56. The van der Waals surface area contributed by atoms with Crippen molar-refractivity contribution in [1.29, 1.82) is 0 Å². The number of furan rings is 3. The molecule has 70 heavy (non-hydrogen) atoms. The van der Waals surface area contributed by atoms with E-state index in [1.54, 1.807) is 0 Å². The van der Waals surface area contributed by atoms with Gasteiger partial charge in [0.25, 0.3) is 0 Å². The summed E-state index contributed by atoms with van der Waals surface area (Å²) in [6.45, 7) is 20.1. The lowest BCUT2D eigenvalue weighted by Gasteiger charge is -2.31. The van der Waals surface area contributed by atoms with E-state index in [0.29, 0.717) is 5.25 Å². The van der Waals surface area contributed by atoms with Crippen LogP contribution in [0.1, 0.15) is 72.1 Å². The topological polar surface area (TPSA) is 45.9 Å². The fraction of sp³-hybridized carbons (Fsp3) is 0.188. The van der Waals surface area contributed by atoms with Gasteiger partial charge in [0.1, 0.15) is 16.7 Å². The van der Waals surface area contributed by atoms with Crippen molar-refractivity contribution in [3.05, 3.63) is 187 Å². The molecule has 0 atom stereocenters. The van der Waals surface area contributed by atoms with Crippen molar-refractivity contribution < 1.29 is 13.3 Å². The molecule has 12 rings (SSSR count). The van der Waals surface area contributed by atoms with Crippen LogP contribution in [0.25, 0.3) is 76.6 Å². The Labute approximate surface area is 413 Å². The zero-order valence-corrected chi connectivity index (χ0v) is 42.1. The quantitative estimate of drug-likeness (QED) is 0.112. The molecule has 0 saturated carbocycles. The Kier molecular flexibility index (Phi) is 10.2. The number of fused-ring (bicyclic) bond motifs is 10. The van der Waals surface area contributed by atoms with Crippen LogP contribution in [0, 0.1) is 6.92 Å². The van der Waals surface area contributed by atoms with Gasteiger partial charge in [0, 0.05) is 70.4 Å². The van der Waals surface area contributed by atoms with Crippen LogP contribution in [-0.2, 0) is 10.8 Å². The highest BCUT2D eigenvalue weighted by molar-refractivity contribution is 7.99. The molecular weight excluding hydrogens is 877 g/mol. The molecule has 3 heterocycles. The summed E-state index contributed by atoms with van der Waals surface area (Å²) in [7, 11) is 0. The van der Waals surface area contributed by atoms with E-state index in [1.807, 2.05) is 11.8 Å². The first-order chi connectivity index (χ1) is 33.7. The summed E-state index contributed by atoms with van der Waals surface area (Å²) in [6.07, 6.45) is 0. The van der Waals surface area contributed by atoms with Crippen molar-refractivity contribution >= 4 is 122 Å². The van der Waals surface area contributed by atoms with E-state index in [4.69, 9.17) is 13.3 Å². The number of thioether (sulfide) groups is 1. The fourth-order valence-electron chi connectivity index (χ4n) is 10.6. The van der Waals surface area contributed by atoms with Gasteiger partial charge in [-0.05, 0) is 72.4 Å². The number of hydrogen-bond acceptors (Lipinski definition) is 6. The van der Waals surface area contributed by atoms with Crippen molar-refractivity contribution in [2.24, 2.45) is 0 Å². The Hall–Kier alpha value is -7.41. The third kappa shape index (κ3) is 7.06. The molecule has 0 aliphatic heterocycles. The monoisotopic (exact) mass is 932 g/mol. The normalized spacial score (nSPS) is 12.5. The zero-order chi connectivity index (χ0) is 48.2. The molecule has 0 saturated heterocycles. The van der Waals surface area contributed by atoms with Gasteiger partial charge in [0.05, 0.1) is 28.1 Å². The van der Waals surface area contributed by atoms with Gasteiger partial charge in [0.2, 0.25) is 0 Å². The number of rotatable bonds is 8. The number of nitrogens with zero attached hydrogens (tertiary/aromatic N) is 2. The van der Waals surface area contributed by atoms with Gasteiger partial charge in [0.15, 0.2) is 16.7 Å². The van der Waals surface area contributed by atoms with E-state index >= 15 is 0 Å². The van der Waals surface area contributed by atoms with Gasteiger partial charge in [-0.25, -0.2) is 0 Å². The van der Waals surface area contributed by atoms with Crippen LogP contribution in [-0.4, -0.2) is 5.25 Å². The zero-order valence-electron chi connectivity index (χ0n) is 41.3. The van der Waals surface area contributed by atoms with Crippen LogP contribution in [0.3, 0.4) is 0 Å². The lowest BCUT2D eigenvalue weighted by Crippen LogP contribution is -2.14. The molecular formula is C64H56N2O3S.